The fraction of sp³-hybridized carbons (Fsp3) is 0.542. The Morgan fingerprint density at radius 2 is 1.67 bits per heavy atom. The number of hydrogen-bond acceptors (Lipinski definition) is 3. The van der Waals surface area contributed by atoms with Gasteiger partial charge in [0.1, 0.15) is 11.3 Å². The first-order chi connectivity index (χ1) is 13.2. The van der Waals surface area contributed by atoms with Gasteiger partial charge in [0.25, 0.3) is 0 Å². The number of aryl methyl sites for hydroxylation is 1. The number of rotatable bonds is 14. The van der Waals surface area contributed by atoms with Gasteiger partial charge < -0.3 is 9.84 Å². The summed E-state index contributed by atoms with van der Waals surface area (Å²) in [7, 11) is 0. The monoisotopic (exact) mass is 372 g/mol. The zero-order valence-electron chi connectivity index (χ0n) is 17.1. The molecule has 0 aliphatic heterocycles. The summed E-state index contributed by atoms with van der Waals surface area (Å²) in [5.41, 5.74) is 1.21. The molecule has 0 unspecified atom stereocenters. The SMILES string of the molecule is CCC/C=C\C/C=C\CCCCCCCc1cccc(O)c1C(=O)OCC. The first kappa shape index (κ1) is 23.0. The average Bonchev–Trinajstić information content (AvgIpc) is 2.65. The lowest BCUT2D eigenvalue weighted by molar-refractivity contribution is 0.0521. The maximum atomic E-state index is 12.0. The van der Waals surface area contributed by atoms with Gasteiger partial charge in [-0.1, -0.05) is 69.0 Å². The molecule has 0 aliphatic carbocycles. The predicted molar refractivity (Wildman–Crippen MR) is 113 cm³/mol. The van der Waals surface area contributed by atoms with Gasteiger partial charge in [-0.2, -0.15) is 0 Å². The number of phenols is 1. The summed E-state index contributed by atoms with van der Waals surface area (Å²) in [4.78, 5) is 12.0. The van der Waals surface area contributed by atoms with Crippen LogP contribution >= 0.6 is 0 Å². The molecule has 0 fully saturated rings. The Balaban J connectivity index is 2.19. The molecule has 0 bridgehead atoms. The maximum absolute atomic E-state index is 12.0. The van der Waals surface area contributed by atoms with Gasteiger partial charge >= 0.3 is 5.97 Å². The predicted octanol–water partition coefficient (Wildman–Crippen LogP) is 6.75. The lowest BCUT2D eigenvalue weighted by Crippen LogP contribution is -2.08. The van der Waals surface area contributed by atoms with E-state index in [4.69, 9.17) is 4.74 Å². The first-order valence-corrected chi connectivity index (χ1v) is 10.5. The number of hydrogen-bond donors (Lipinski definition) is 1. The van der Waals surface area contributed by atoms with Crippen LogP contribution in [-0.4, -0.2) is 17.7 Å². The molecule has 27 heavy (non-hydrogen) atoms. The van der Waals surface area contributed by atoms with Crippen LogP contribution in [0.3, 0.4) is 0 Å². The van der Waals surface area contributed by atoms with Crippen molar-refractivity contribution in [2.24, 2.45) is 0 Å². The Morgan fingerprint density at radius 3 is 2.41 bits per heavy atom. The summed E-state index contributed by atoms with van der Waals surface area (Å²) in [5.74, 6) is -0.413. The summed E-state index contributed by atoms with van der Waals surface area (Å²) >= 11 is 0. The van der Waals surface area contributed by atoms with Crippen molar-refractivity contribution in [2.45, 2.75) is 78.1 Å². The molecule has 0 atom stereocenters. The second kappa shape index (κ2) is 15.1. The minimum absolute atomic E-state index is 0.0160. The molecular formula is C24H36O3. The topological polar surface area (TPSA) is 46.5 Å². The van der Waals surface area contributed by atoms with E-state index in [1.165, 1.54) is 32.1 Å². The van der Waals surface area contributed by atoms with Crippen molar-refractivity contribution >= 4 is 5.97 Å². The number of esters is 1. The molecule has 0 amide bonds. The van der Waals surface area contributed by atoms with Gasteiger partial charge in [0, 0.05) is 0 Å². The van der Waals surface area contributed by atoms with Crippen molar-refractivity contribution in [1.29, 1.82) is 0 Å². The Hall–Kier alpha value is -2.03. The molecule has 150 valence electrons. The normalized spacial score (nSPS) is 11.5. The van der Waals surface area contributed by atoms with Gasteiger partial charge in [-0.05, 0) is 57.1 Å². The minimum atomic E-state index is -0.429. The molecular weight excluding hydrogens is 336 g/mol. The summed E-state index contributed by atoms with van der Waals surface area (Å²) < 4.78 is 5.06. The van der Waals surface area contributed by atoms with E-state index >= 15 is 0 Å². The molecule has 1 N–H and O–H groups in total. The molecule has 3 heteroatoms. The molecule has 0 spiro atoms. The molecule has 1 aromatic rings. The average molecular weight is 373 g/mol. The highest BCUT2D eigenvalue weighted by Gasteiger charge is 2.16. The summed E-state index contributed by atoms with van der Waals surface area (Å²) in [6, 6.07) is 5.24. The van der Waals surface area contributed by atoms with Crippen LogP contribution in [0.4, 0.5) is 0 Å². The van der Waals surface area contributed by atoms with Gasteiger partial charge in [0.15, 0.2) is 0 Å². The van der Waals surface area contributed by atoms with Crippen molar-refractivity contribution in [3.05, 3.63) is 53.6 Å². The number of benzene rings is 1. The third-order valence-electron chi connectivity index (χ3n) is 4.49. The fourth-order valence-electron chi connectivity index (χ4n) is 3.02. The Kier molecular flexibility index (Phi) is 12.8. The highest BCUT2D eigenvalue weighted by atomic mass is 16.5. The standard InChI is InChI=1S/C24H36O3/c1-3-5-6-7-8-9-10-11-12-13-14-15-16-18-21-19-17-20-22(25)23(21)24(26)27-4-2/h6-7,9-10,17,19-20,25H,3-5,8,11-16,18H2,1-2H3/b7-6-,10-9-. The molecule has 0 aromatic heterocycles. The smallest absolute Gasteiger partial charge is 0.342 e. The third kappa shape index (κ3) is 10.0. The van der Waals surface area contributed by atoms with Crippen LogP contribution in [0, 0.1) is 0 Å². The number of allylic oxidation sites excluding steroid dienone is 4. The van der Waals surface area contributed by atoms with Crippen LogP contribution in [-0.2, 0) is 11.2 Å². The van der Waals surface area contributed by atoms with E-state index in [0.29, 0.717) is 12.2 Å². The Bertz CT molecular complexity index is 587. The summed E-state index contributed by atoms with van der Waals surface area (Å²) in [6.07, 6.45) is 20.3. The van der Waals surface area contributed by atoms with Gasteiger partial charge in [0.05, 0.1) is 6.61 Å². The van der Waals surface area contributed by atoms with E-state index < -0.39 is 5.97 Å². The first-order valence-electron chi connectivity index (χ1n) is 10.5. The van der Waals surface area contributed by atoms with Crippen LogP contribution in [0.1, 0.15) is 87.6 Å². The zero-order chi connectivity index (χ0) is 19.7. The van der Waals surface area contributed by atoms with Crippen LogP contribution in [0.15, 0.2) is 42.5 Å². The van der Waals surface area contributed by atoms with Crippen molar-refractivity contribution in [1.82, 2.24) is 0 Å². The van der Waals surface area contributed by atoms with Crippen molar-refractivity contribution in [3.8, 4) is 5.75 Å². The van der Waals surface area contributed by atoms with Gasteiger partial charge in [-0.3, -0.25) is 0 Å². The second-order valence-electron chi connectivity index (χ2n) is 6.81. The summed E-state index contributed by atoms with van der Waals surface area (Å²) in [5, 5.41) is 9.98. The van der Waals surface area contributed by atoms with Gasteiger partial charge in [0.2, 0.25) is 0 Å². The van der Waals surface area contributed by atoms with Gasteiger partial charge in [-0.15, -0.1) is 0 Å². The third-order valence-corrected chi connectivity index (χ3v) is 4.49. The number of carbonyl (C=O) groups is 1. The maximum Gasteiger partial charge on any atom is 0.342 e. The van der Waals surface area contributed by atoms with Crippen LogP contribution < -0.4 is 0 Å². The quantitative estimate of drug-likeness (QED) is 0.223. The zero-order valence-corrected chi connectivity index (χ0v) is 17.1. The van der Waals surface area contributed by atoms with Crippen molar-refractivity contribution in [3.63, 3.8) is 0 Å². The van der Waals surface area contributed by atoms with Crippen LogP contribution in [0.25, 0.3) is 0 Å². The van der Waals surface area contributed by atoms with Crippen molar-refractivity contribution < 1.29 is 14.6 Å². The number of carbonyl (C=O) groups excluding carboxylic acids is 1. The molecule has 0 radical (unpaired) electrons. The second-order valence-corrected chi connectivity index (χ2v) is 6.81. The minimum Gasteiger partial charge on any atom is -0.507 e. The van der Waals surface area contributed by atoms with E-state index in [2.05, 4.69) is 31.2 Å². The fourth-order valence-corrected chi connectivity index (χ4v) is 3.02. The number of phenolic OH excluding ortho intramolecular Hbond substituents is 1. The van der Waals surface area contributed by atoms with Gasteiger partial charge in [-0.25, -0.2) is 4.79 Å². The highest BCUT2D eigenvalue weighted by molar-refractivity contribution is 5.94. The molecule has 0 saturated carbocycles. The van der Waals surface area contributed by atoms with E-state index in [0.717, 1.165) is 37.7 Å². The van der Waals surface area contributed by atoms with Crippen LogP contribution in [0.5, 0.6) is 5.75 Å². The highest BCUT2D eigenvalue weighted by Crippen LogP contribution is 2.24. The van der Waals surface area contributed by atoms with Crippen molar-refractivity contribution in [2.75, 3.05) is 6.61 Å². The van der Waals surface area contributed by atoms with E-state index in [1.807, 2.05) is 6.07 Å². The Morgan fingerprint density at radius 1 is 0.963 bits per heavy atom. The van der Waals surface area contributed by atoms with E-state index in [9.17, 15) is 9.90 Å². The molecule has 1 rings (SSSR count). The van der Waals surface area contributed by atoms with E-state index in [1.54, 1.807) is 19.1 Å². The lowest BCUT2D eigenvalue weighted by Gasteiger charge is -2.10. The molecule has 0 aliphatic rings. The molecule has 0 saturated heterocycles. The largest absolute Gasteiger partial charge is 0.507 e. The summed E-state index contributed by atoms with van der Waals surface area (Å²) in [6.45, 7) is 4.29. The Labute approximate surface area is 165 Å². The number of aromatic hydroxyl groups is 1. The molecule has 0 heterocycles. The number of unbranched alkanes of at least 4 members (excludes halogenated alkanes) is 6. The lowest BCUT2D eigenvalue weighted by atomic mass is 9.99. The molecule has 3 nitrogen and oxygen atoms in total. The molecule has 1 aromatic carbocycles. The number of ether oxygens (including phenoxy) is 1. The van der Waals surface area contributed by atoms with Crippen LogP contribution in [0.2, 0.25) is 0 Å². The van der Waals surface area contributed by atoms with E-state index in [-0.39, 0.29) is 5.75 Å².